The van der Waals surface area contributed by atoms with Gasteiger partial charge in [0, 0.05) is 7.05 Å². The molecule has 74 valence electrons. The molecule has 0 unspecified atom stereocenters. The van der Waals surface area contributed by atoms with Gasteiger partial charge in [-0.05, 0) is 5.92 Å². The fraction of sp³-hybridized carbons (Fsp3) is 0.375. The predicted octanol–water partition coefficient (Wildman–Crippen LogP) is -1.76. The SMILES string of the molecule is Cn1cc(C#CCNC(=O)CN)nn1. The van der Waals surface area contributed by atoms with Gasteiger partial charge in [0.25, 0.3) is 0 Å². The Bertz CT molecular complexity index is 373. The first-order chi connectivity index (χ1) is 6.72. The van der Waals surface area contributed by atoms with Crippen LogP contribution in [-0.4, -0.2) is 34.0 Å². The van der Waals surface area contributed by atoms with E-state index in [1.807, 2.05) is 0 Å². The van der Waals surface area contributed by atoms with Gasteiger partial charge in [0.2, 0.25) is 5.91 Å². The predicted molar refractivity (Wildman–Crippen MR) is 49.9 cm³/mol. The van der Waals surface area contributed by atoms with Gasteiger partial charge in [0.05, 0.1) is 19.3 Å². The van der Waals surface area contributed by atoms with Gasteiger partial charge in [-0.2, -0.15) is 0 Å². The summed E-state index contributed by atoms with van der Waals surface area (Å²) in [5, 5.41) is 9.97. The van der Waals surface area contributed by atoms with Crippen LogP contribution in [0.3, 0.4) is 0 Å². The van der Waals surface area contributed by atoms with Crippen molar-refractivity contribution in [1.82, 2.24) is 20.3 Å². The number of aryl methyl sites for hydroxylation is 1. The van der Waals surface area contributed by atoms with Crippen LogP contribution in [0, 0.1) is 11.8 Å². The standard InChI is InChI=1S/C8H11N5O/c1-13-6-7(11-12-13)3-2-4-10-8(14)5-9/h6H,4-5,9H2,1H3,(H,10,14). The number of amides is 1. The first kappa shape index (κ1) is 10.2. The Kier molecular flexibility index (Phi) is 3.64. The number of nitrogens with zero attached hydrogens (tertiary/aromatic N) is 3. The minimum absolute atomic E-state index is 0.0210. The molecule has 0 bridgehead atoms. The third-order valence-corrected chi connectivity index (χ3v) is 1.38. The van der Waals surface area contributed by atoms with Crippen LogP contribution in [0.1, 0.15) is 5.69 Å². The molecule has 0 fully saturated rings. The second-order valence-electron chi connectivity index (χ2n) is 2.56. The van der Waals surface area contributed by atoms with Crippen LogP contribution < -0.4 is 11.1 Å². The Morgan fingerprint density at radius 2 is 2.57 bits per heavy atom. The van der Waals surface area contributed by atoms with Crippen molar-refractivity contribution in [1.29, 1.82) is 0 Å². The third kappa shape index (κ3) is 3.25. The number of aromatic nitrogens is 3. The molecule has 0 aliphatic carbocycles. The molecule has 1 amide bonds. The van der Waals surface area contributed by atoms with Gasteiger partial charge >= 0.3 is 0 Å². The van der Waals surface area contributed by atoms with Crippen molar-refractivity contribution in [3.05, 3.63) is 11.9 Å². The molecule has 0 radical (unpaired) electrons. The average Bonchev–Trinajstić information content (AvgIpc) is 2.58. The number of rotatable bonds is 2. The lowest BCUT2D eigenvalue weighted by molar-refractivity contribution is -0.119. The minimum Gasteiger partial charge on any atom is -0.344 e. The quantitative estimate of drug-likeness (QED) is 0.545. The molecule has 0 spiro atoms. The van der Waals surface area contributed by atoms with Gasteiger partial charge in [0.1, 0.15) is 0 Å². The first-order valence-electron chi connectivity index (χ1n) is 4.04. The molecule has 1 aromatic rings. The first-order valence-corrected chi connectivity index (χ1v) is 4.04. The summed E-state index contributed by atoms with van der Waals surface area (Å²) in [7, 11) is 1.76. The Labute approximate surface area is 81.5 Å². The van der Waals surface area contributed by atoms with E-state index in [1.165, 1.54) is 0 Å². The second kappa shape index (κ2) is 4.99. The van der Waals surface area contributed by atoms with Crippen LogP contribution >= 0.6 is 0 Å². The molecule has 1 aromatic heterocycles. The number of hydrogen-bond acceptors (Lipinski definition) is 4. The molecule has 14 heavy (non-hydrogen) atoms. The van der Waals surface area contributed by atoms with Crippen LogP contribution in [0.15, 0.2) is 6.20 Å². The number of hydrogen-bond donors (Lipinski definition) is 2. The largest absolute Gasteiger partial charge is 0.344 e. The fourth-order valence-electron chi connectivity index (χ4n) is 0.754. The Balaban J connectivity index is 2.38. The second-order valence-corrected chi connectivity index (χ2v) is 2.56. The van der Waals surface area contributed by atoms with E-state index in [2.05, 4.69) is 27.5 Å². The summed E-state index contributed by atoms with van der Waals surface area (Å²) >= 11 is 0. The van der Waals surface area contributed by atoms with Crippen LogP contribution in [-0.2, 0) is 11.8 Å². The molecule has 1 heterocycles. The van der Waals surface area contributed by atoms with E-state index in [-0.39, 0.29) is 19.0 Å². The Hall–Kier alpha value is -1.87. The Morgan fingerprint density at radius 1 is 1.79 bits per heavy atom. The maximum absolute atomic E-state index is 10.7. The zero-order valence-corrected chi connectivity index (χ0v) is 7.82. The molecule has 0 aliphatic rings. The molecular weight excluding hydrogens is 182 g/mol. The molecular formula is C8H11N5O. The zero-order chi connectivity index (χ0) is 10.4. The number of carbonyl (C=O) groups excluding carboxylic acids is 1. The maximum Gasteiger partial charge on any atom is 0.234 e. The summed E-state index contributed by atoms with van der Waals surface area (Å²) in [5.41, 5.74) is 5.66. The molecule has 0 saturated heterocycles. The van der Waals surface area contributed by atoms with E-state index in [1.54, 1.807) is 17.9 Å². The number of nitrogens with one attached hydrogen (secondary N) is 1. The lowest BCUT2D eigenvalue weighted by Gasteiger charge is -1.94. The summed E-state index contributed by atoms with van der Waals surface area (Å²) in [4.78, 5) is 10.7. The summed E-state index contributed by atoms with van der Waals surface area (Å²) < 4.78 is 1.56. The summed E-state index contributed by atoms with van der Waals surface area (Å²) in [6, 6.07) is 0. The Morgan fingerprint density at radius 3 is 3.14 bits per heavy atom. The van der Waals surface area contributed by atoms with Crippen LogP contribution in [0.4, 0.5) is 0 Å². The number of carbonyl (C=O) groups is 1. The molecule has 0 saturated carbocycles. The highest BCUT2D eigenvalue weighted by Crippen LogP contribution is 1.85. The molecule has 1 rings (SSSR count). The van der Waals surface area contributed by atoms with E-state index in [0.717, 1.165) is 0 Å². The van der Waals surface area contributed by atoms with Crippen LogP contribution in [0.5, 0.6) is 0 Å². The average molecular weight is 193 g/mol. The molecule has 0 atom stereocenters. The van der Waals surface area contributed by atoms with Gasteiger partial charge in [0.15, 0.2) is 5.69 Å². The fourth-order valence-corrected chi connectivity index (χ4v) is 0.754. The smallest absolute Gasteiger partial charge is 0.234 e. The van der Waals surface area contributed by atoms with Crippen molar-refractivity contribution in [2.24, 2.45) is 12.8 Å². The highest BCUT2D eigenvalue weighted by atomic mass is 16.1. The minimum atomic E-state index is -0.224. The van der Waals surface area contributed by atoms with E-state index in [9.17, 15) is 4.79 Å². The van der Waals surface area contributed by atoms with Gasteiger partial charge in [-0.3, -0.25) is 9.48 Å². The van der Waals surface area contributed by atoms with Gasteiger partial charge < -0.3 is 11.1 Å². The van der Waals surface area contributed by atoms with E-state index >= 15 is 0 Å². The lowest BCUT2D eigenvalue weighted by atomic mass is 10.4. The lowest BCUT2D eigenvalue weighted by Crippen LogP contribution is -2.30. The van der Waals surface area contributed by atoms with Crippen LogP contribution in [0.2, 0.25) is 0 Å². The van der Waals surface area contributed by atoms with E-state index < -0.39 is 0 Å². The highest BCUT2D eigenvalue weighted by molar-refractivity contribution is 5.77. The van der Waals surface area contributed by atoms with Crippen molar-refractivity contribution >= 4 is 5.91 Å². The van der Waals surface area contributed by atoms with E-state index in [4.69, 9.17) is 5.73 Å². The normalized spacial score (nSPS) is 9.00. The molecule has 3 N–H and O–H groups in total. The molecule has 6 heteroatoms. The topological polar surface area (TPSA) is 85.8 Å². The van der Waals surface area contributed by atoms with Crippen molar-refractivity contribution < 1.29 is 4.79 Å². The van der Waals surface area contributed by atoms with E-state index in [0.29, 0.717) is 5.69 Å². The van der Waals surface area contributed by atoms with Crippen molar-refractivity contribution in [2.45, 2.75) is 0 Å². The maximum atomic E-state index is 10.7. The molecule has 0 aromatic carbocycles. The van der Waals surface area contributed by atoms with Gasteiger partial charge in [-0.15, -0.1) is 5.10 Å². The summed E-state index contributed by atoms with van der Waals surface area (Å²) in [6.45, 7) is 0.249. The third-order valence-electron chi connectivity index (χ3n) is 1.38. The van der Waals surface area contributed by atoms with Gasteiger partial charge in [-0.25, -0.2) is 0 Å². The van der Waals surface area contributed by atoms with Crippen molar-refractivity contribution in [2.75, 3.05) is 13.1 Å². The van der Waals surface area contributed by atoms with Crippen molar-refractivity contribution in [3.8, 4) is 11.8 Å². The van der Waals surface area contributed by atoms with Crippen LogP contribution in [0.25, 0.3) is 0 Å². The molecule has 6 nitrogen and oxygen atoms in total. The summed E-state index contributed by atoms with van der Waals surface area (Å²) in [5.74, 6) is 5.25. The molecule has 0 aliphatic heterocycles. The highest BCUT2D eigenvalue weighted by Gasteiger charge is 1.93. The van der Waals surface area contributed by atoms with Gasteiger partial charge in [-0.1, -0.05) is 11.1 Å². The van der Waals surface area contributed by atoms with Crippen molar-refractivity contribution in [3.63, 3.8) is 0 Å². The summed E-state index contributed by atoms with van der Waals surface area (Å²) in [6.07, 6.45) is 1.69. The monoisotopic (exact) mass is 193 g/mol. The zero-order valence-electron chi connectivity index (χ0n) is 7.82. The number of nitrogens with two attached hydrogens (primary N) is 1.